The van der Waals surface area contributed by atoms with Crippen LogP contribution in [0.3, 0.4) is 0 Å². The summed E-state index contributed by atoms with van der Waals surface area (Å²) in [6, 6.07) is 18.5. The van der Waals surface area contributed by atoms with Crippen molar-refractivity contribution in [2.75, 3.05) is 16.8 Å². The number of nitrogens with one attached hydrogen (secondary N) is 1. The number of carbonyl (C=O) groups excluding carboxylic acids is 2. The molecule has 30 heavy (non-hydrogen) atoms. The van der Waals surface area contributed by atoms with Crippen molar-refractivity contribution in [3.8, 4) is 5.75 Å². The van der Waals surface area contributed by atoms with E-state index < -0.39 is 0 Å². The fourth-order valence-electron chi connectivity index (χ4n) is 3.31. The summed E-state index contributed by atoms with van der Waals surface area (Å²) in [7, 11) is 0. The summed E-state index contributed by atoms with van der Waals surface area (Å²) in [5, 5.41) is 5.12. The molecule has 0 saturated carbocycles. The number of para-hydroxylation sites is 1. The van der Waals surface area contributed by atoms with Gasteiger partial charge in [0.2, 0.25) is 0 Å². The van der Waals surface area contributed by atoms with Crippen LogP contribution >= 0.6 is 11.3 Å². The van der Waals surface area contributed by atoms with Gasteiger partial charge in [-0.3, -0.25) is 9.59 Å². The van der Waals surface area contributed by atoms with Gasteiger partial charge in [0.05, 0.1) is 17.9 Å². The first-order valence-corrected chi connectivity index (χ1v) is 10.7. The molecule has 1 aromatic heterocycles. The first-order chi connectivity index (χ1) is 14.6. The number of nitrogens with zero attached hydrogens (tertiary/aromatic N) is 1. The van der Waals surface area contributed by atoms with Gasteiger partial charge in [-0.2, -0.15) is 0 Å². The van der Waals surface area contributed by atoms with Crippen molar-refractivity contribution in [2.45, 2.75) is 20.3 Å². The van der Waals surface area contributed by atoms with Crippen molar-refractivity contribution < 1.29 is 14.3 Å². The van der Waals surface area contributed by atoms with Crippen LogP contribution in [0.15, 0.2) is 71.7 Å². The minimum atomic E-state index is -0.376. The highest BCUT2D eigenvalue weighted by Crippen LogP contribution is 2.36. The smallest absolute Gasteiger partial charge is 0.282 e. The van der Waals surface area contributed by atoms with Crippen LogP contribution in [0.2, 0.25) is 0 Å². The lowest BCUT2D eigenvalue weighted by Gasteiger charge is -2.17. The number of hydrogen-bond acceptors (Lipinski definition) is 5. The monoisotopic (exact) mass is 418 g/mol. The number of aryl methyl sites for hydroxylation is 1. The molecule has 2 amide bonds. The van der Waals surface area contributed by atoms with E-state index in [9.17, 15) is 9.59 Å². The summed E-state index contributed by atoms with van der Waals surface area (Å²) in [5.41, 5.74) is 2.96. The predicted octanol–water partition coefficient (Wildman–Crippen LogP) is 5.24. The van der Waals surface area contributed by atoms with Crippen LogP contribution in [0.5, 0.6) is 5.75 Å². The molecule has 152 valence electrons. The molecule has 2 aromatic carbocycles. The number of anilines is 2. The fraction of sp³-hybridized carbons (Fsp3) is 0.167. The van der Waals surface area contributed by atoms with Crippen molar-refractivity contribution >= 4 is 40.1 Å². The maximum absolute atomic E-state index is 13.4. The first kappa shape index (κ1) is 19.9. The summed E-state index contributed by atoms with van der Waals surface area (Å²) >= 11 is 1.43. The molecule has 1 aliphatic rings. The Morgan fingerprint density at radius 1 is 1.00 bits per heavy atom. The number of carbonyl (C=O) groups is 2. The summed E-state index contributed by atoms with van der Waals surface area (Å²) in [6.07, 6.45) is 0.875. The van der Waals surface area contributed by atoms with Crippen LogP contribution in [0.25, 0.3) is 5.57 Å². The predicted molar refractivity (Wildman–Crippen MR) is 121 cm³/mol. The Kier molecular flexibility index (Phi) is 5.68. The van der Waals surface area contributed by atoms with Gasteiger partial charge in [0, 0.05) is 16.6 Å². The average Bonchev–Trinajstić information content (AvgIpc) is 3.35. The fourth-order valence-corrected chi connectivity index (χ4v) is 4.08. The lowest BCUT2D eigenvalue weighted by Crippen LogP contribution is -2.32. The molecule has 0 spiro atoms. The number of amides is 2. The minimum Gasteiger partial charge on any atom is -0.494 e. The molecule has 0 radical (unpaired) electrons. The SMILES string of the molecule is CCCOc1cccc(N2C(=O)C(Nc3ccccc3C)=C(c3cccs3)C2=O)c1. The van der Waals surface area contributed by atoms with Crippen LogP contribution in [0.4, 0.5) is 11.4 Å². The molecule has 6 heteroatoms. The largest absolute Gasteiger partial charge is 0.494 e. The number of benzene rings is 2. The first-order valence-electron chi connectivity index (χ1n) is 9.82. The van der Waals surface area contributed by atoms with Crippen molar-refractivity contribution in [3.05, 3.63) is 82.2 Å². The van der Waals surface area contributed by atoms with Crippen molar-refractivity contribution in [2.24, 2.45) is 0 Å². The highest BCUT2D eigenvalue weighted by Gasteiger charge is 2.40. The molecule has 4 rings (SSSR count). The van der Waals surface area contributed by atoms with Gasteiger partial charge in [0.1, 0.15) is 11.4 Å². The molecule has 0 aliphatic carbocycles. The maximum atomic E-state index is 13.4. The second-order valence-electron chi connectivity index (χ2n) is 6.96. The zero-order valence-corrected chi connectivity index (χ0v) is 17.7. The number of ether oxygens (including phenoxy) is 1. The zero-order chi connectivity index (χ0) is 21.1. The summed E-state index contributed by atoms with van der Waals surface area (Å²) in [5.74, 6) is -0.0848. The third-order valence-corrected chi connectivity index (χ3v) is 5.69. The Balaban J connectivity index is 1.75. The van der Waals surface area contributed by atoms with Gasteiger partial charge < -0.3 is 10.1 Å². The second kappa shape index (κ2) is 8.55. The van der Waals surface area contributed by atoms with Gasteiger partial charge in [-0.1, -0.05) is 37.3 Å². The van der Waals surface area contributed by atoms with E-state index in [2.05, 4.69) is 5.32 Å². The van der Waals surface area contributed by atoms with Crippen molar-refractivity contribution in [3.63, 3.8) is 0 Å². The van der Waals surface area contributed by atoms with Gasteiger partial charge in [0.25, 0.3) is 11.8 Å². The zero-order valence-electron chi connectivity index (χ0n) is 16.8. The van der Waals surface area contributed by atoms with E-state index in [1.807, 2.05) is 61.7 Å². The highest BCUT2D eigenvalue weighted by atomic mass is 32.1. The Morgan fingerprint density at radius 3 is 2.57 bits per heavy atom. The van der Waals surface area contributed by atoms with Crippen LogP contribution in [-0.4, -0.2) is 18.4 Å². The number of imide groups is 1. The molecule has 1 aliphatic heterocycles. The lowest BCUT2D eigenvalue weighted by molar-refractivity contribution is -0.120. The molecule has 5 nitrogen and oxygen atoms in total. The Bertz CT molecular complexity index is 1120. The molecular weight excluding hydrogens is 396 g/mol. The third-order valence-electron chi connectivity index (χ3n) is 4.80. The molecule has 0 fully saturated rings. The summed E-state index contributed by atoms with van der Waals surface area (Å²) < 4.78 is 5.69. The second-order valence-corrected chi connectivity index (χ2v) is 7.91. The summed E-state index contributed by atoms with van der Waals surface area (Å²) in [6.45, 7) is 4.56. The Labute approximate surface area is 179 Å². The van der Waals surface area contributed by atoms with Crippen molar-refractivity contribution in [1.29, 1.82) is 0 Å². The molecule has 2 heterocycles. The topological polar surface area (TPSA) is 58.6 Å². The summed E-state index contributed by atoms with van der Waals surface area (Å²) in [4.78, 5) is 28.8. The molecule has 0 saturated heterocycles. The third kappa shape index (κ3) is 3.74. The quantitative estimate of drug-likeness (QED) is 0.533. The normalized spacial score (nSPS) is 13.9. The van der Waals surface area contributed by atoms with Crippen LogP contribution in [-0.2, 0) is 9.59 Å². The van der Waals surface area contributed by atoms with E-state index in [1.165, 1.54) is 16.2 Å². The number of rotatable bonds is 7. The van der Waals surface area contributed by atoms with Gasteiger partial charge in [-0.05, 0) is 48.6 Å². The van der Waals surface area contributed by atoms with Gasteiger partial charge in [-0.25, -0.2) is 4.90 Å². The maximum Gasteiger partial charge on any atom is 0.282 e. The van der Waals surface area contributed by atoms with Crippen LogP contribution in [0, 0.1) is 6.92 Å². The molecular formula is C24H22N2O3S. The van der Waals surface area contributed by atoms with Crippen LogP contribution < -0.4 is 15.0 Å². The van der Waals surface area contributed by atoms with E-state index in [4.69, 9.17) is 4.74 Å². The van der Waals surface area contributed by atoms with Gasteiger partial charge in [-0.15, -0.1) is 11.3 Å². The number of hydrogen-bond donors (Lipinski definition) is 1. The Hall–Kier alpha value is -3.38. The van der Waals surface area contributed by atoms with E-state index >= 15 is 0 Å². The van der Waals surface area contributed by atoms with Crippen LogP contribution in [0.1, 0.15) is 23.8 Å². The molecule has 0 unspecified atom stereocenters. The van der Waals surface area contributed by atoms with Crippen molar-refractivity contribution in [1.82, 2.24) is 0 Å². The lowest BCUT2D eigenvalue weighted by atomic mass is 10.1. The molecule has 1 N–H and O–H groups in total. The minimum absolute atomic E-state index is 0.289. The van der Waals surface area contributed by atoms with E-state index in [1.54, 1.807) is 18.2 Å². The van der Waals surface area contributed by atoms with E-state index in [0.29, 0.717) is 23.6 Å². The number of thiophene rings is 1. The average molecular weight is 419 g/mol. The van der Waals surface area contributed by atoms with Gasteiger partial charge >= 0.3 is 0 Å². The Morgan fingerprint density at radius 2 is 1.83 bits per heavy atom. The molecule has 3 aromatic rings. The van der Waals surface area contributed by atoms with E-state index in [-0.39, 0.29) is 17.5 Å². The standard InChI is InChI=1S/C24H22N2O3S/c1-3-13-29-18-10-6-9-17(15-18)26-23(27)21(20-12-7-14-30-20)22(24(26)28)25-19-11-5-4-8-16(19)2/h4-12,14-15,25H,3,13H2,1-2H3. The van der Waals surface area contributed by atoms with Gasteiger partial charge in [0.15, 0.2) is 0 Å². The molecule has 0 atom stereocenters. The highest BCUT2D eigenvalue weighted by molar-refractivity contribution is 7.11. The van der Waals surface area contributed by atoms with E-state index in [0.717, 1.165) is 22.5 Å². The molecule has 0 bridgehead atoms.